The van der Waals surface area contributed by atoms with E-state index in [-0.39, 0.29) is 71.3 Å². The Morgan fingerprint density at radius 3 is 2.44 bits per heavy atom. The molecule has 0 aliphatic carbocycles. The molecule has 0 unspecified atom stereocenters. The van der Waals surface area contributed by atoms with Crippen LogP contribution in [-0.4, -0.2) is 11.0 Å². The van der Waals surface area contributed by atoms with Crippen LogP contribution >= 0.6 is 12.2 Å². The molecular weight excluding hydrogens is 276 g/mol. The van der Waals surface area contributed by atoms with Gasteiger partial charge in [0.15, 0.2) is 0 Å². The van der Waals surface area contributed by atoms with Crippen molar-refractivity contribution in [2.45, 2.75) is 13.5 Å². The number of benzene rings is 1. The maximum Gasteiger partial charge on any atom is 1.00 e. The summed E-state index contributed by atoms with van der Waals surface area (Å²) in [6.45, 7) is 1.44. The van der Waals surface area contributed by atoms with Crippen LogP contribution in [0.4, 0.5) is 5.69 Å². The SMILES string of the molecule is CC(=S)Nc1cc(CO[O-])cc(C(=O)[O-])c1.[Na+].[Na+]. The van der Waals surface area contributed by atoms with E-state index in [2.05, 4.69) is 10.2 Å². The van der Waals surface area contributed by atoms with Crippen LogP contribution in [0.2, 0.25) is 0 Å². The summed E-state index contributed by atoms with van der Waals surface area (Å²) in [4.78, 5) is 14.9. The van der Waals surface area contributed by atoms with Crippen LogP contribution in [0.3, 0.4) is 0 Å². The van der Waals surface area contributed by atoms with E-state index < -0.39 is 5.97 Å². The monoisotopic (exact) mass is 285 g/mol. The fraction of sp³-hybridized carbons (Fsp3) is 0.200. The minimum absolute atomic E-state index is 0. The maximum atomic E-state index is 10.7. The molecule has 0 aromatic heterocycles. The summed E-state index contributed by atoms with van der Waals surface area (Å²) in [5.74, 6) is -1.32. The van der Waals surface area contributed by atoms with Crippen molar-refractivity contribution in [3.05, 3.63) is 29.3 Å². The Morgan fingerprint density at radius 1 is 1.39 bits per heavy atom. The standard InChI is InChI=1S/C10H11NO4S.2Na/c1-6(16)11-9-3-7(5-15-14)2-8(4-9)10(12)13;;/h2-4,14H,5H2,1H3,(H,11,16)(H,12,13);;/q;2*+1/p-2. The number of carbonyl (C=O) groups is 1. The van der Waals surface area contributed by atoms with Crippen LogP contribution in [0.25, 0.3) is 0 Å². The molecule has 1 rings (SSSR count). The summed E-state index contributed by atoms with van der Waals surface area (Å²) in [7, 11) is 0. The second-order valence-electron chi connectivity index (χ2n) is 3.15. The summed E-state index contributed by atoms with van der Waals surface area (Å²) >= 11 is 4.83. The average molecular weight is 285 g/mol. The van der Waals surface area contributed by atoms with E-state index in [1.165, 1.54) is 12.1 Å². The summed E-state index contributed by atoms with van der Waals surface area (Å²) < 4.78 is 0. The quantitative estimate of drug-likeness (QED) is 0.256. The molecule has 1 aromatic carbocycles. The molecular formula is C10H9NNa2O4S. The molecule has 0 amide bonds. The van der Waals surface area contributed by atoms with Gasteiger partial charge in [0.05, 0.1) is 17.6 Å². The number of hydrogen-bond donors (Lipinski definition) is 1. The van der Waals surface area contributed by atoms with Gasteiger partial charge in [-0.15, -0.1) is 0 Å². The zero-order chi connectivity index (χ0) is 12.1. The number of hydrogen-bond acceptors (Lipinski definition) is 5. The minimum Gasteiger partial charge on any atom is -0.723 e. The molecule has 0 aliphatic rings. The van der Waals surface area contributed by atoms with Gasteiger partial charge < -0.3 is 25.4 Å². The van der Waals surface area contributed by atoms with Crippen LogP contribution < -0.4 is 74.8 Å². The van der Waals surface area contributed by atoms with Gasteiger partial charge in [0.25, 0.3) is 0 Å². The van der Waals surface area contributed by atoms with Crippen molar-refractivity contribution in [1.82, 2.24) is 0 Å². The van der Waals surface area contributed by atoms with E-state index in [1.54, 1.807) is 13.0 Å². The number of nitrogens with one attached hydrogen (secondary N) is 1. The van der Waals surface area contributed by atoms with Crippen molar-refractivity contribution in [2.24, 2.45) is 0 Å². The molecule has 0 bridgehead atoms. The molecule has 0 atom stereocenters. The Morgan fingerprint density at radius 2 is 2.00 bits per heavy atom. The summed E-state index contributed by atoms with van der Waals surface area (Å²) in [6.07, 6.45) is 0. The van der Waals surface area contributed by atoms with E-state index in [0.717, 1.165) is 0 Å². The van der Waals surface area contributed by atoms with Crippen molar-refractivity contribution in [1.29, 1.82) is 0 Å². The van der Waals surface area contributed by atoms with Gasteiger partial charge in [0.1, 0.15) is 0 Å². The van der Waals surface area contributed by atoms with Gasteiger partial charge in [-0.05, 0) is 36.2 Å². The number of carboxylic acid groups (broad SMARTS) is 1. The van der Waals surface area contributed by atoms with Crippen LogP contribution in [-0.2, 0) is 11.5 Å². The van der Waals surface area contributed by atoms with Crippen molar-refractivity contribution in [2.75, 3.05) is 5.32 Å². The van der Waals surface area contributed by atoms with Crippen LogP contribution in [0.5, 0.6) is 0 Å². The average Bonchev–Trinajstić information content (AvgIpc) is 2.16. The fourth-order valence-corrected chi connectivity index (χ4v) is 1.35. The van der Waals surface area contributed by atoms with Crippen molar-refractivity contribution in [3.8, 4) is 0 Å². The first kappa shape index (κ1) is 20.8. The fourth-order valence-electron chi connectivity index (χ4n) is 1.24. The Labute approximate surface area is 154 Å². The molecule has 0 fully saturated rings. The summed E-state index contributed by atoms with van der Waals surface area (Å²) in [5.41, 5.74) is 0.894. The third-order valence-corrected chi connectivity index (χ3v) is 1.88. The molecule has 5 nitrogen and oxygen atoms in total. The molecule has 0 saturated carbocycles. The largest absolute Gasteiger partial charge is 1.00 e. The predicted octanol–water partition coefficient (Wildman–Crippen LogP) is -6.39. The molecule has 0 radical (unpaired) electrons. The molecule has 8 heteroatoms. The van der Waals surface area contributed by atoms with Gasteiger partial charge >= 0.3 is 59.1 Å². The van der Waals surface area contributed by atoms with Crippen molar-refractivity contribution < 1.29 is 79.2 Å². The zero-order valence-electron chi connectivity index (χ0n) is 10.5. The number of aromatic carboxylic acids is 1. The van der Waals surface area contributed by atoms with Gasteiger partial charge in [-0.1, -0.05) is 12.2 Å². The molecule has 0 heterocycles. The number of carbonyl (C=O) groups excluding carboxylic acids is 1. The number of rotatable bonds is 4. The molecule has 0 saturated heterocycles. The summed E-state index contributed by atoms with van der Waals surface area (Å²) in [5, 5.41) is 23.5. The summed E-state index contributed by atoms with van der Waals surface area (Å²) in [6, 6.07) is 4.27. The Balaban J connectivity index is 0. The second-order valence-corrected chi connectivity index (χ2v) is 3.76. The Kier molecular flexibility index (Phi) is 11.9. The molecule has 1 N–H and O–H groups in total. The normalized spacial score (nSPS) is 8.78. The third-order valence-electron chi connectivity index (χ3n) is 1.77. The minimum atomic E-state index is -1.32. The molecule has 0 spiro atoms. The predicted molar refractivity (Wildman–Crippen MR) is 57.5 cm³/mol. The van der Waals surface area contributed by atoms with Crippen molar-refractivity contribution in [3.63, 3.8) is 0 Å². The van der Waals surface area contributed by atoms with Crippen LogP contribution in [0.15, 0.2) is 18.2 Å². The van der Waals surface area contributed by atoms with E-state index in [4.69, 9.17) is 12.2 Å². The third kappa shape index (κ3) is 7.18. The smallest absolute Gasteiger partial charge is 0.723 e. The van der Waals surface area contributed by atoms with E-state index in [1.807, 2.05) is 0 Å². The first-order valence-electron chi connectivity index (χ1n) is 4.40. The number of carboxylic acids is 1. The Bertz CT molecular complexity index is 428. The van der Waals surface area contributed by atoms with Gasteiger partial charge in [-0.25, -0.2) is 0 Å². The molecule has 0 aliphatic heterocycles. The number of thiocarbonyl (C=S) groups is 1. The maximum absolute atomic E-state index is 10.7. The van der Waals surface area contributed by atoms with Gasteiger partial charge in [0, 0.05) is 5.69 Å². The second kappa shape index (κ2) is 10.3. The van der Waals surface area contributed by atoms with E-state index in [0.29, 0.717) is 16.2 Å². The van der Waals surface area contributed by atoms with Crippen LogP contribution in [0.1, 0.15) is 22.8 Å². The van der Waals surface area contributed by atoms with Gasteiger partial charge in [0.2, 0.25) is 0 Å². The first-order chi connectivity index (χ1) is 7.52. The Hall–Kier alpha value is 0.500. The molecule has 1 aromatic rings. The van der Waals surface area contributed by atoms with Gasteiger partial charge in [-0.3, -0.25) is 0 Å². The molecule has 86 valence electrons. The van der Waals surface area contributed by atoms with Gasteiger partial charge in [-0.2, -0.15) is 0 Å². The topological polar surface area (TPSA) is 84.4 Å². The zero-order valence-corrected chi connectivity index (χ0v) is 15.3. The van der Waals surface area contributed by atoms with Crippen LogP contribution in [0, 0.1) is 0 Å². The van der Waals surface area contributed by atoms with E-state index in [9.17, 15) is 15.2 Å². The molecule has 18 heavy (non-hydrogen) atoms. The number of anilines is 1. The van der Waals surface area contributed by atoms with Crippen molar-refractivity contribution >= 4 is 28.9 Å². The first-order valence-corrected chi connectivity index (χ1v) is 4.81. The van der Waals surface area contributed by atoms with E-state index >= 15 is 0 Å².